The molecule has 0 radical (unpaired) electrons. The Balaban J connectivity index is 2.62. The van der Waals surface area contributed by atoms with Gasteiger partial charge < -0.3 is 4.74 Å². The van der Waals surface area contributed by atoms with E-state index in [1.807, 2.05) is 0 Å². The van der Waals surface area contributed by atoms with Gasteiger partial charge in [0.15, 0.2) is 11.9 Å². The number of rotatable bonds is 3. The predicted octanol–water partition coefficient (Wildman–Crippen LogP) is 1.11. The van der Waals surface area contributed by atoms with E-state index in [9.17, 15) is 4.79 Å². The third kappa shape index (κ3) is 1.89. The van der Waals surface area contributed by atoms with Gasteiger partial charge in [-0.05, 0) is 6.92 Å². The van der Waals surface area contributed by atoms with Gasteiger partial charge in [0.2, 0.25) is 0 Å². The van der Waals surface area contributed by atoms with Gasteiger partial charge in [-0.3, -0.25) is 9.79 Å². The minimum atomic E-state index is -0.506. The average molecular weight is 165 g/mol. The molecule has 1 atom stereocenters. The van der Waals surface area contributed by atoms with Crippen molar-refractivity contribution in [1.29, 1.82) is 0 Å². The van der Waals surface area contributed by atoms with Crippen LogP contribution in [-0.2, 0) is 9.53 Å². The minimum absolute atomic E-state index is 0.0515. The van der Waals surface area contributed by atoms with Crippen LogP contribution < -0.4 is 0 Å². The fourth-order valence-electron chi connectivity index (χ4n) is 0.956. The van der Waals surface area contributed by atoms with Gasteiger partial charge in [-0.25, -0.2) is 0 Å². The summed E-state index contributed by atoms with van der Waals surface area (Å²) >= 11 is 0. The maximum Gasteiger partial charge on any atom is 0.191 e. The molecule has 0 bridgehead atoms. The van der Waals surface area contributed by atoms with Crippen LogP contribution in [0, 0.1) is 0 Å². The third-order valence-corrected chi connectivity index (χ3v) is 1.54. The second-order valence-electron chi connectivity index (χ2n) is 2.49. The summed E-state index contributed by atoms with van der Waals surface area (Å²) in [6, 6.07) is 0. The molecule has 1 rings (SSSR count). The van der Waals surface area contributed by atoms with Crippen LogP contribution in [0.2, 0.25) is 0 Å². The SMILES string of the molecule is C=CCOC1C(=O)C=CN=C1C. The number of nitrogens with zero attached hydrogens (tertiary/aromatic N) is 1. The van der Waals surface area contributed by atoms with Crippen LogP contribution in [0.1, 0.15) is 6.92 Å². The molecule has 64 valence electrons. The Morgan fingerprint density at radius 2 is 2.58 bits per heavy atom. The first kappa shape index (κ1) is 8.87. The van der Waals surface area contributed by atoms with E-state index in [1.54, 1.807) is 13.0 Å². The van der Waals surface area contributed by atoms with Crippen LogP contribution in [0.3, 0.4) is 0 Å². The van der Waals surface area contributed by atoms with Gasteiger partial charge in [-0.15, -0.1) is 6.58 Å². The van der Waals surface area contributed by atoms with Crippen molar-refractivity contribution in [3.05, 3.63) is 24.9 Å². The summed E-state index contributed by atoms with van der Waals surface area (Å²) in [7, 11) is 0. The van der Waals surface area contributed by atoms with Gasteiger partial charge in [0.05, 0.1) is 12.3 Å². The zero-order valence-corrected chi connectivity index (χ0v) is 6.99. The molecule has 0 aromatic heterocycles. The molecule has 0 aromatic carbocycles. The highest BCUT2D eigenvalue weighted by molar-refractivity contribution is 6.13. The highest BCUT2D eigenvalue weighted by Gasteiger charge is 2.21. The number of carbonyl (C=O) groups is 1. The van der Waals surface area contributed by atoms with Crippen LogP contribution in [0.4, 0.5) is 0 Å². The van der Waals surface area contributed by atoms with Gasteiger partial charge in [-0.1, -0.05) is 6.08 Å². The second kappa shape index (κ2) is 3.97. The smallest absolute Gasteiger partial charge is 0.191 e. The van der Waals surface area contributed by atoms with Crippen LogP contribution in [0.15, 0.2) is 29.9 Å². The highest BCUT2D eigenvalue weighted by Crippen LogP contribution is 2.04. The maximum absolute atomic E-state index is 11.2. The van der Waals surface area contributed by atoms with Crippen LogP contribution in [0.5, 0.6) is 0 Å². The third-order valence-electron chi connectivity index (χ3n) is 1.54. The summed E-state index contributed by atoms with van der Waals surface area (Å²) in [5, 5.41) is 0. The number of aliphatic imine (C=N–C) groups is 1. The molecule has 3 nitrogen and oxygen atoms in total. The van der Waals surface area contributed by atoms with Crippen molar-refractivity contribution >= 4 is 11.5 Å². The summed E-state index contributed by atoms with van der Waals surface area (Å²) in [5.74, 6) is -0.0515. The molecule has 3 heteroatoms. The van der Waals surface area contributed by atoms with Crippen molar-refractivity contribution in [2.75, 3.05) is 6.61 Å². The molecule has 1 unspecified atom stereocenters. The van der Waals surface area contributed by atoms with Crippen molar-refractivity contribution in [2.45, 2.75) is 13.0 Å². The lowest BCUT2D eigenvalue weighted by molar-refractivity contribution is -0.121. The average Bonchev–Trinajstić information content (AvgIpc) is 2.04. The van der Waals surface area contributed by atoms with E-state index in [-0.39, 0.29) is 5.78 Å². The summed E-state index contributed by atoms with van der Waals surface area (Å²) in [6.07, 6.45) is 4.01. The molecular formula is C9H11NO2. The number of carbonyl (C=O) groups excluding carboxylic acids is 1. The van der Waals surface area contributed by atoms with Crippen LogP contribution in [0.25, 0.3) is 0 Å². The first-order valence-corrected chi connectivity index (χ1v) is 3.73. The Kier molecular flexibility index (Phi) is 2.94. The van der Waals surface area contributed by atoms with Crippen molar-refractivity contribution in [2.24, 2.45) is 4.99 Å². The lowest BCUT2D eigenvalue weighted by Gasteiger charge is -2.15. The number of hydrogen-bond acceptors (Lipinski definition) is 3. The fourth-order valence-corrected chi connectivity index (χ4v) is 0.956. The van der Waals surface area contributed by atoms with Crippen LogP contribution in [-0.4, -0.2) is 24.2 Å². The zero-order chi connectivity index (χ0) is 8.97. The quantitative estimate of drug-likeness (QED) is 0.588. The molecule has 0 aliphatic carbocycles. The first-order chi connectivity index (χ1) is 5.75. The molecule has 0 saturated heterocycles. The molecule has 0 saturated carbocycles. The Morgan fingerprint density at radius 3 is 3.17 bits per heavy atom. The predicted molar refractivity (Wildman–Crippen MR) is 47.2 cm³/mol. The molecule has 0 N–H and O–H groups in total. The summed E-state index contributed by atoms with van der Waals surface area (Å²) in [4.78, 5) is 15.2. The van der Waals surface area contributed by atoms with E-state index in [1.165, 1.54) is 12.3 Å². The Hall–Kier alpha value is -1.22. The van der Waals surface area contributed by atoms with Crippen molar-refractivity contribution in [3.63, 3.8) is 0 Å². The molecule has 12 heavy (non-hydrogen) atoms. The molecular weight excluding hydrogens is 154 g/mol. The minimum Gasteiger partial charge on any atom is -0.360 e. The lowest BCUT2D eigenvalue weighted by atomic mass is 10.1. The molecule has 0 fully saturated rings. The van der Waals surface area contributed by atoms with Crippen molar-refractivity contribution in [3.8, 4) is 0 Å². The standard InChI is InChI=1S/C9H11NO2/c1-3-6-12-9-7(2)10-5-4-8(9)11/h3-5,9H,1,6H2,2H3. The Labute approximate surface area is 71.4 Å². The maximum atomic E-state index is 11.2. The van der Waals surface area contributed by atoms with Crippen molar-refractivity contribution in [1.82, 2.24) is 0 Å². The second-order valence-corrected chi connectivity index (χ2v) is 2.49. The number of ether oxygens (including phenoxy) is 1. The van der Waals surface area contributed by atoms with E-state index in [2.05, 4.69) is 11.6 Å². The van der Waals surface area contributed by atoms with Crippen LogP contribution >= 0.6 is 0 Å². The Morgan fingerprint density at radius 1 is 1.83 bits per heavy atom. The summed E-state index contributed by atoms with van der Waals surface area (Å²) in [5.41, 5.74) is 0.698. The molecule has 1 heterocycles. The fraction of sp³-hybridized carbons (Fsp3) is 0.333. The number of ketones is 1. The number of hydrogen-bond donors (Lipinski definition) is 0. The van der Waals surface area contributed by atoms with Crippen molar-refractivity contribution < 1.29 is 9.53 Å². The van der Waals surface area contributed by atoms with Gasteiger partial charge >= 0.3 is 0 Å². The largest absolute Gasteiger partial charge is 0.360 e. The van der Waals surface area contributed by atoms with E-state index in [0.29, 0.717) is 12.3 Å². The zero-order valence-electron chi connectivity index (χ0n) is 6.99. The molecule has 1 aliphatic heterocycles. The molecule has 0 aromatic rings. The monoisotopic (exact) mass is 165 g/mol. The highest BCUT2D eigenvalue weighted by atomic mass is 16.5. The van der Waals surface area contributed by atoms with Gasteiger partial charge in [-0.2, -0.15) is 0 Å². The lowest BCUT2D eigenvalue weighted by Crippen LogP contribution is -2.31. The van der Waals surface area contributed by atoms with Gasteiger partial charge in [0.25, 0.3) is 0 Å². The molecule has 1 aliphatic rings. The normalized spacial score (nSPS) is 22.2. The summed E-state index contributed by atoms with van der Waals surface area (Å²) in [6.45, 7) is 5.65. The van der Waals surface area contributed by atoms with E-state index in [4.69, 9.17) is 4.74 Å². The van der Waals surface area contributed by atoms with E-state index in [0.717, 1.165) is 0 Å². The molecule has 0 amide bonds. The topological polar surface area (TPSA) is 38.7 Å². The van der Waals surface area contributed by atoms with E-state index < -0.39 is 6.10 Å². The summed E-state index contributed by atoms with van der Waals surface area (Å²) < 4.78 is 5.21. The molecule has 0 spiro atoms. The first-order valence-electron chi connectivity index (χ1n) is 3.73. The van der Waals surface area contributed by atoms with Gasteiger partial charge in [0, 0.05) is 12.3 Å². The van der Waals surface area contributed by atoms with E-state index >= 15 is 0 Å². The Bertz CT molecular complexity index is 253. The van der Waals surface area contributed by atoms with Gasteiger partial charge in [0.1, 0.15) is 0 Å².